The van der Waals surface area contributed by atoms with E-state index in [0.717, 1.165) is 5.69 Å². The lowest BCUT2D eigenvalue weighted by Crippen LogP contribution is -2.02. The van der Waals surface area contributed by atoms with Gasteiger partial charge < -0.3 is 4.74 Å². The van der Waals surface area contributed by atoms with Crippen LogP contribution in [0.15, 0.2) is 42.6 Å². The zero-order valence-corrected chi connectivity index (χ0v) is 11.4. The first kappa shape index (κ1) is 13.6. The molecule has 0 fully saturated rings. The molecule has 0 N–H and O–H groups in total. The predicted octanol–water partition coefficient (Wildman–Crippen LogP) is 3.56. The minimum atomic E-state index is 0.0561. The number of methoxy groups -OCH3 is 1. The van der Waals surface area contributed by atoms with Gasteiger partial charge in [0, 0.05) is 23.9 Å². The van der Waals surface area contributed by atoms with Gasteiger partial charge in [0.1, 0.15) is 5.75 Å². The summed E-state index contributed by atoms with van der Waals surface area (Å²) in [5, 5.41) is 0.503. The normalized spacial score (nSPS) is 10.2. The van der Waals surface area contributed by atoms with Gasteiger partial charge in [-0.1, -0.05) is 17.7 Å². The van der Waals surface area contributed by atoms with Gasteiger partial charge >= 0.3 is 0 Å². The van der Waals surface area contributed by atoms with Gasteiger partial charge in [0.05, 0.1) is 12.1 Å². The van der Waals surface area contributed by atoms with E-state index in [-0.39, 0.29) is 5.78 Å². The van der Waals surface area contributed by atoms with E-state index in [4.69, 9.17) is 16.3 Å². The average Bonchev–Trinajstić information content (AvgIpc) is 2.46. The summed E-state index contributed by atoms with van der Waals surface area (Å²) in [7, 11) is 1.53. The van der Waals surface area contributed by atoms with Crippen LogP contribution >= 0.6 is 11.6 Å². The van der Waals surface area contributed by atoms with Crippen molar-refractivity contribution in [3.05, 3.63) is 58.9 Å². The molecule has 1 aromatic heterocycles. The summed E-state index contributed by atoms with van der Waals surface area (Å²) < 4.78 is 5.10. The third-order valence-corrected chi connectivity index (χ3v) is 3.12. The Morgan fingerprint density at radius 2 is 2.16 bits per heavy atom. The smallest absolute Gasteiger partial charge is 0.163 e. The predicted molar refractivity (Wildman–Crippen MR) is 74.9 cm³/mol. The standard InChI is InChI=1S/C15H14ClNO2/c1-19-15-10-11(5-7-13(15)16)14(18)8-6-12-4-2-3-9-17-12/h2-5,7,9-10H,6,8H2,1H3. The number of carbonyl (C=O) groups is 1. The summed E-state index contributed by atoms with van der Waals surface area (Å²) in [6.07, 6.45) is 2.78. The van der Waals surface area contributed by atoms with E-state index < -0.39 is 0 Å². The van der Waals surface area contributed by atoms with E-state index in [1.165, 1.54) is 7.11 Å². The number of benzene rings is 1. The molecule has 1 heterocycles. The Morgan fingerprint density at radius 1 is 1.32 bits per heavy atom. The van der Waals surface area contributed by atoms with Crippen molar-refractivity contribution in [3.63, 3.8) is 0 Å². The molecule has 2 aromatic rings. The number of nitrogens with zero attached hydrogens (tertiary/aromatic N) is 1. The van der Waals surface area contributed by atoms with Crippen molar-refractivity contribution < 1.29 is 9.53 Å². The van der Waals surface area contributed by atoms with Gasteiger partial charge in [-0.25, -0.2) is 0 Å². The second-order valence-electron chi connectivity index (χ2n) is 4.09. The maximum absolute atomic E-state index is 12.1. The average molecular weight is 276 g/mol. The quantitative estimate of drug-likeness (QED) is 0.783. The van der Waals surface area contributed by atoms with Crippen molar-refractivity contribution >= 4 is 17.4 Å². The molecule has 0 radical (unpaired) electrons. The van der Waals surface area contributed by atoms with Crippen molar-refractivity contribution in [1.29, 1.82) is 0 Å². The van der Waals surface area contributed by atoms with E-state index in [0.29, 0.717) is 29.2 Å². The van der Waals surface area contributed by atoms with Crippen LogP contribution in [0.3, 0.4) is 0 Å². The van der Waals surface area contributed by atoms with Crippen LogP contribution in [0.1, 0.15) is 22.5 Å². The zero-order valence-electron chi connectivity index (χ0n) is 10.6. The first-order chi connectivity index (χ1) is 9.20. The van der Waals surface area contributed by atoms with Crippen molar-refractivity contribution in [3.8, 4) is 5.75 Å². The second-order valence-corrected chi connectivity index (χ2v) is 4.50. The minimum absolute atomic E-state index is 0.0561. The number of ether oxygens (including phenoxy) is 1. The summed E-state index contributed by atoms with van der Waals surface area (Å²) in [6.45, 7) is 0. The number of hydrogen-bond acceptors (Lipinski definition) is 3. The molecular weight excluding hydrogens is 262 g/mol. The maximum atomic E-state index is 12.1. The Bertz CT molecular complexity index is 570. The molecule has 0 unspecified atom stereocenters. The largest absolute Gasteiger partial charge is 0.495 e. The van der Waals surface area contributed by atoms with Crippen molar-refractivity contribution in [2.75, 3.05) is 7.11 Å². The monoisotopic (exact) mass is 275 g/mol. The molecule has 0 saturated carbocycles. The van der Waals surface area contributed by atoms with E-state index in [1.54, 1.807) is 24.4 Å². The van der Waals surface area contributed by atoms with Crippen LogP contribution in [-0.4, -0.2) is 17.9 Å². The fraction of sp³-hybridized carbons (Fsp3) is 0.200. The molecule has 1 aromatic carbocycles. The molecule has 19 heavy (non-hydrogen) atoms. The van der Waals surface area contributed by atoms with Gasteiger partial charge in [-0.15, -0.1) is 0 Å². The molecule has 0 aliphatic rings. The summed E-state index contributed by atoms with van der Waals surface area (Å²) in [5.41, 5.74) is 1.52. The number of carbonyl (C=O) groups excluding carboxylic acids is 1. The van der Waals surface area contributed by atoms with Gasteiger partial charge in [0.15, 0.2) is 5.78 Å². The molecule has 0 atom stereocenters. The molecule has 4 heteroatoms. The lowest BCUT2D eigenvalue weighted by molar-refractivity contribution is 0.0982. The second kappa shape index (κ2) is 6.34. The third-order valence-electron chi connectivity index (χ3n) is 2.81. The summed E-state index contributed by atoms with van der Waals surface area (Å²) in [5.74, 6) is 0.575. The molecule has 0 saturated heterocycles. The Morgan fingerprint density at radius 3 is 2.84 bits per heavy atom. The number of hydrogen-bond donors (Lipinski definition) is 0. The van der Waals surface area contributed by atoms with Crippen LogP contribution in [0.2, 0.25) is 5.02 Å². The van der Waals surface area contributed by atoms with Gasteiger partial charge in [-0.3, -0.25) is 9.78 Å². The van der Waals surface area contributed by atoms with E-state index in [2.05, 4.69) is 4.98 Å². The molecule has 0 bridgehead atoms. The summed E-state index contributed by atoms with van der Waals surface area (Å²) in [4.78, 5) is 16.3. The Hall–Kier alpha value is -1.87. The fourth-order valence-electron chi connectivity index (χ4n) is 1.77. The van der Waals surface area contributed by atoms with Crippen LogP contribution in [0.25, 0.3) is 0 Å². The topological polar surface area (TPSA) is 39.2 Å². The SMILES string of the molecule is COc1cc(C(=O)CCc2ccccn2)ccc1Cl. The fourth-order valence-corrected chi connectivity index (χ4v) is 1.96. The van der Waals surface area contributed by atoms with Crippen molar-refractivity contribution in [1.82, 2.24) is 4.98 Å². The highest BCUT2D eigenvalue weighted by atomic mass is 35.5. The lowest BCUT2D eigenvalue weighted by Gasteiger charge is -2.06. The first-order valence-electron chi connectivity index (χ1n) is 5.97. The highest BCUT2D eigenvalue weighted by Crippen LogP contribution is 2.25. The number of ketones is 1. The zero-order chi connectivity index (χ0) is 13.7. The Balaban J connectivity index is 2.04. The molecule has 3 nitrogen and oxygen atoms in total. The van der Waals surface area contributed by atoms with Crippen molar-refractivity contribution in [2.45, 2.75) is 12.8 Å². The number of aromatic nitrogens is 1. The van der Waals surface area contributed by atoms with E-state index >= 15 is 0 Å². The number of rotatable bonds is 5. The molecule has 0 aliphatic heterocycles. The number of halogens is 1. The van der Waals surface area contributed by atoms with Gasteiger partial charge in [-0.05, 0) is 36.8 Å². The highest BCUT2D eigenvalue weighted by molar-refractivity contribution is 6.32. The minimum Gasteiger partial charge on any atom is -0.495 e. The van der Waals surface area contributed by atoms with E-state index in [1.807, 2.05) is 18.2 Å². The van der Waals surface area contributed by atoms with Crippen LogP contribution in [0.4, 0.5) is 0 Å². The molecule has 0 amide bonds. The van der Waals surface area contributed by atoms with Gasteiger partial charge in [0.25, 0.3) is 0 Å². The summed E-state index contributed by atoms with van der Waals surface area (Å²) >= 11 is 5.93. The molecule has 98 valence electrons. The van der Waals surface area contributed by atoms with E-state index in [9.17, 15) is 4.79 Å². The first-order valence-corrected chi connectivity index (χ1v) is 6.35. The van der Waals surface area contributed by atoms with Gasteiger partial charge in [0.2, 0.25) is 0 Å². The maximum Gasteiger partial charge on any atom is 0.163 e. The lowest BCUT2D eigenvalue weighted by atomic mass is 10.0. The summed E-state index contributed by atoms with van der Waals surface area (Å²) in [6, 6.07) is 10.7. The molecule has 0 spiro atoms. The Labute approximate surface area is 117 Å². The van der Waals surface area contributed by atoms with Crippen LogP contribution in [-0.2, 0) is 6.42 Å². The Kier molecular flexibility index (Phi) is 4.53. The van der Waals surface area contributed by atoms with Gasteiger partial charge in [-0.2, -0.15) is 0 Å². The highest BCUT2D eigenvalue weighted by Gasteiger charge is 2.09. The number of Topliss-reactive ketones (excluding diaryl/α,β-unsaturated/α-hetero) is 1. The van der Waals surface area contributed by atoms with Crippen LogP contribution in [0.5, 0.6) is 5.75 Å². The molecule has 2 rings (SSSR count). The van der Waals surface area contributed by atoms with Crippen LogP contribution < -0.4 is 4.74 Å². The number of aryl methyl sites for hydroxylation is 1. The van der Waals surface area contributed by atoms with Crippen LogP contribution in [0, 0.1) is 0 Å². The number of pyridine rings is 1. The third kappa shape index (κ3) is 3.55. The van der Waals surface area contributed by atoms with Crippen molar-refractivity contribution in [2.24, 2.45) is 0 Å². The molecular formula is C15H14ClNO2. The molecule has 0 aliphatic carbocycles.